The zero-order chi connectivity index (χ0) is 17.5. The Balaban J connectivity index is 1.95. The molecular formula is C19H21NO4. The molecule has 1 atom stereocenters. The van der Waals surface area contributed by atoms with Crippen LogP contribution in [-0.2, 0) is 16.0 Å². The summed E-state index contributed by atoms with van der Waals surface area (Å²) in [7, 11) is 1.52. The van der Waals surface area contributed by atoms with Crippen molar-refractivity contribution in [2.75, 3.05) is 12.4 Å². The van der Waals surface area contributed by atoms with Gasteiger partial charge in [0.2, 0.25) is 0 Å². The van der Waals surface area contributed by atoms with Crippen molar-refractivity contribution < 1.29 is 19.1 Å². The van der Waals surface area contributed by atoms with Crippen molar-refractivity contribution in [3.63, 3.8) is 0 Å². The minimum Gasteiger partial charge on any atom is -0.497 e. The third kappa shape index (κ3) is 4.59. The first-order chi connectivity index (χ1) is 11.5. The second-order valence-corrected chi connectivity index (χ2v) is 5.32. The minimum atomic E-state index is -0.908. The van der Waals surface area contributed by atoms with Crippen molar-refractivity contribution in [2.45, 2.75) is 26.4 Å². The highest BCUT2D eigenvalue weighted by Crippen LogP contribution is 2.15. The van der Waals surface area contributed by atoms with Crippen LogP contribution in [0.25, 0.3) is 0 Å². The van der Waals surface area contributed by atoms with Crippen molar-refractivity contribution in [3.8, 4) is 5.75 Å². The summed E-state index contributed by atoms with van der Waals surface area (Å²) in [6.45, 7) is 3.60. The topological polar surface area (TPSA) is 64.6 Å². The predicted molar refractivity (Wildman–Crippen MR) is 92.3 cm³/mol. The van der Waals surface area contributed by atoms with E-state index < -0.39 is 12.1 Å². The maximum Gasteiger partial charge on any atom is 0.339 e. The molecule has 0 radical (unpaired) electrons. The molecule has 0 unspecified atom stereocenters. The average molecular weight is 327 g/mol. The van der Waals surface area contributed by atoms with Gasteiger partial charge in [0.15, 0.2) is 6.10 Å². The lowest BCUT2D eigenvalue weighted by atomic mass is 10.1. The number of nitrogens with one attached hydrogen (secondary N) is 1. The molecule has 1 amide bonds. The van der Waals surface area contributed by atoms with Gasteiger partial charge in [-0.25, -0.2) is 4.79 Å². The van der Waals surface area contributed by atoms with Crippen LogP contribution in [0.5, 0.6) is 5.75 Å². The lowest BCUT2D eigenvalue weighted by Crippen LogP contribution is -2.30. The number of benzene rings is 2. The number of hydrogen-bond donors (Lipinski definition) is 1. The average Bonchev–Trinajstić information content (AvgIpc) is 2.62. The lowest BCUT2D eigenvalue weighted by molar-refractivity contribution is -0.123. The molecule has 0 aliphatic carbocycles. The first-order valence-corrected chi connectivity index (χ1v) is 7.78. The Hall–Kier alpha value is -2.82. The number of hydrogen-bond acceptors (Lipinski definition) is 4. The maximum absolute atomic E-state index is 12.1. The summed E-state index contributed by atoms with van der Waals surface area (Å²) in [5.74, 6) is -0.397. The van der Waals surface area contributed by atoms with Crippen molar-refractivity contribution in [3.05, 3.63) is 59.7 Å². The van der Waals surface area contributed by atoms with Gasteiger partial charge in [-0.2, -0.15) is 0 Å². The number of carbonyl (C=O) groups is 2. The lowest BCUT2D eigenvalue weighted by Gasteiger charge is -2.14. The number of esters is 1. The highest BCUT2D eigenvalue weighted by Gasteiger charge is 2.19. The van der Waals surface area contributed by atoms with Gasteiger partial charge in [0, 0.05) is 5.69 Å². The van der Waals surface area contributed by atoms with Crippen molar-refractivity contribution >= 4 is 17.6 Å². The molecule has 2 aromatic rings. The van der Waals surface area contributed by atoms with Gasteiger partial charge in [-0.1, -0.05) is 25.1 Å². The molecular weight excluding hydrogens is 306 g/mol. The quantitative estimate of drug-likeness (QED) is 0.826. The molecule has 0 heterocycles. The van der Waals surface area contributed by atoms with Gasteiger partial charge in [0.1, 0.15) is 5.75 Å². The first-order valence-electron chi connectivity index (χ1n) is 7.78. The van der Waals surface area contributed by atoms with Crippen molar-refractivity contribution in [2.24, 2.45) is 0 Å². The Kier molecular flexibility index (Phi) is 5.95. The molecule has 1 N–H and O–H groups in total. The SMILES string of the molecule is CCc1ccc(NC(=O)[C@@H](C)OC(=O)c2cccc(OC)c2)cc1. The number of aryl methyl sites for hydroxylation is 1. The number of ether oxygens (including phenoxy) is 2. The second-order valence-electron chi connectivity index (χ2n) is 5.32. The van der Waals surface area contributed by atoms with E-state index in [-0.39, 0.29) is 5.91 Å². The highest BCUT2D eigenvalue weighted by atomic mass is 16.5. The van der Waals surface area contributed by atoms with Crippen LogP contribution >= 0.6 is 0 Å². The monoisotopic (exact) mass is 327 g/mol. The van der Waals surface area contributed by atoms with Gasteiger partial charge in [0.25, 0.3) is 5.91 Å². The number of methoxy groups -OCH3 is 1. The Morgan fingerprint density at radius 1 is 1.12 bits per heavy atom. The molecule has 24 heavy (non-hydrogen) atoms. The zero-order valence-electron chi connectivity index (χ0n) is 14.0. The standard InChI is InChI=1S/C19H21NO4/c1-4-14-8-10-16(11-9-14)20-18(21)13(2)24-19(22)15-6-5-7-17(12-15)23-3/h5-13H,4H2,1-3H3,(H,20,21)/t13-/m1/s1. The van der Waals surface area contributed by atoms with Crippen LogP contribution in [0, 0.1) is 0 Å². The fourth-order valence-corrected chi connectivity index (χ4v) is 2.10. The van der Waals surface area contributed by atoms with Crippen LogP contribution in [0.3, 0.4) is 0 Å². The molecule has 2 aromatic carbocycles. The third-order valence-electron chi connectivity index (χ3n) is 3.59. The number of carbonyl (C=O) groups excluding carboxylic acids is 2. The second kappa shape index (κ2) is 8.15. The molecule has 2 rings (SSSR count). The normalized spacial score (nSPS) is 11.5. The summed E-state index contributed by atoms with van der Waals surface area (Å²) in [6.07, 6.45) is 0.0255. The van der Waals surface area contributed by atoms with Crippen LogP contribution in [-0.4, -0.2) is 25.1 Å². The maximum atomic E-state index is 12.1. The smallest absolute Gasteiger partial charge is 0.339 e. The summed E-state index contributed by atoms with van der Waals surface area (Å²) < 4.78 is 10.3. The summed E-state index contributed by atoms with van der Waals surface area (Å²) >= 11 is 0. The van der Waals surface area contributed by atoms with Gasteiger partial charge in [0.05, 0.1) is 12.7 Å². The van der Waals surface area contributed by atoms with Crippen LogP contribution in [0.15, 0.2) is 48.5 Å². The van der Waals surface area contributed by atoms with Crippen LogP contribution < -0.4 is 10.1 Å². The van der Waals surface area contributed by atoms with E-state index in [4.69, 9.17) is 9.47 Å². The van der Waals surface area contributed by atoms with Gasteiger partial charge in [-0.3, -0.25) is 4.79 Å². The largest absolute Gasteiger partial charge is 0.497 e. The van der Waals surface area contributed by atoms with Crippen LogP contribution in [0.1, 0.15) is 29.8 Å². The Morgan fingerprint density at radius 2 is 1.83 bits per heavy atom. The summed E-state index contributed by atoms with van der Waals surface area (Å²) in [5.41, 5.74) is 2.19. The van der Waals surface area contributed by atoms with E-state index in [0.717, 1.165) is 6.42 Å². The molecule has 0 aliphatic heterocycles. The highest BCUT2D eigenvalue weighted by molar-refractivity contribution is 5.97. The molecule has 0 bridgehead atoms. The minimum absolute atomic E-state index is 0.335. The zero-order valence-corrected chi connectivity index (χ0v) is 14.0. The van der Waals surface area contributed by atoms with Gasteiger partial charge < -0.3 is 14.8 Å². The number of amides is 1. The van der Waals surface area contributed by atoms with Crippen LogP contribution in [0.4, 0.5) is 5.69 Å². The Labute approximate surface area is 141 Å². The molecule has 0 fully saturated rings. The van der Waals surface area contributed by atoms with E-state index in [0.29, 0.717) is 17.0 Å². The fourth-order valence-electron chi connectivity index (χ4n) is 2.10. The van der Waals surface area contributed by atoms with Gasteiger partial charge in [-0.15, -0.1) is 0 Å². The predicted octanol–water partition coefficient (Wildman–Crippen LogP) is 3.44. The van der Waals surface area contributed by atoms with E-state index in [9.17, 15) is 9.59 Å². The summed E-state index contributed by atoms with van der Waals surface area (Å²) in [5, 5.41) is 2.73. The van der Waals surface area contributed by atoms with Crippen LogP contribution in [0.2, 0.25) is 0 Å². The fraction of sp³-hybridized carbons (Fsp3) is 0.263. The molecule has 0 saturated heterocycles. The van der Waals surface area contributed by atoms with E-state index in [1.54, 1.807) is 24.3 Å². The molecule has 126 valence electrons. The van der Waals surface area contributed by atoms with E-state index in [1.807, 2.05) is 24.3 Å². The molecule has 0 aromatic heterocycles. The summed E-state index contributed by atoms with van der Waals surface area (Å²) in [6, 6.07) is 14.1. The van der Waals surface area contributed by atoms with Gasteiger partial charge in [-0.05, 0) is 49.2 Å². The third-order valence-corrected chi connectivity index (χ3v) is 3.59. The first kappa shape index (κ1) is 17.5. The molecule has 5 nitrogen and oxygen atoms in total. The molecule has 0 spiro atoms. The Morgan fingerprint density at radius 3 is 2.46 bits per heavy atom. The molecule has 0 saturated carbocycles. The number of rotatable bonds is 6. The molecule has 0 aliphatic rings. The summed E-state index contributed by atoms with van der Waals surface area (Å²) in [4.78, 5) is 24.2. The van der Waals surface area contributed by atoms with Crippen molar-refractivity contribution in [1.82, 2.24) is 0 Å². The number of anilines is 1. The van der Waals surface area contributed by atoms with E-state index >= 15 is 0 Å². The van der Waals surface area contributed by atoms with Gasteiger partial charge >= 0.3 is 5.97 Å². The van der Waals surface area contributed by atoms with E-state index in [1.165, 1.54) is 19.6 Å². The Bertz CT molecular complexity index is 710. The van der Waals surface area contributed by atoms with Crippen molar-refractivity contribution in [1.29, 1.82) is 0 Å². The molecule has 5 heteroatoms. The van der Waals surface area contributed by atoms with E-state index in [2.05, 4.69) is 12.2 Å².